The number of amides is 2. The number of piperidine rings is 1. The van der Waals surface area contributed by atoms with E-state index < -0.39 is 0 Å². The van der Waals surface area contributed by atoms with Crippen LogP contribution in [0.3, 0.4) is 0 Å². The molecule has 2 amide bonds. The van der Waals surface area contributed by atoms with Crippen molar-refractivity contribution in [3.8, 4) is 0 Å². The predicted octanol–water partition coefficient (Wildman–Crippen LogP) is 3.22. The van der Waals surface area contributed by atoms with Crippen molar-refractivity contribution >= 4 is 11.8 Å². The number of carbonyl (C=O) groups excluding carboxylic acids is 2. The molecule has 5 nitrogen and oxygen atoms in total. The molecule has 2 aromatic rings. The van der Waals surface area contributed by atoms with Crippen molar-refractivity contribution in [3.63, 3.8) is 0 Å². The van der Waals surface area contributed by atoms with E-state index in [4.69, 9.17) is 0 Å². The van der Waals surface area contributed by atoms with E-state index in [2.05, 4.69) is 41.4 Å². The van der Waals surface area contributed by atoms with Crippen LogP contribution in [0.5, 0.6) is 0 Å². The Morgan fingerprint density at radius 1 is 1.10 bits per heavy atom. The fraction of sp³-hybridized carbons (Fsp3) is 0.417. The summed E-state index contributed by atoms with van der Waals surface area (Å²) in [6.45, 7) is 6.64. The fourth-order valence-electron chi connectivity index (χ4n) is 4.48. The Bertz CT molecular complexity index is 899. The topological polar surface area (TPSA) is 52.7 Å². The third kappa shape index (κ3) is 4.20. The lowest BCUT2D eigenvalue weighted by molar-refractivity contribution is 0.0707. The van der Waals surface area contributed by atoms with Crippen LogP contribution in [-0.2, 0) is 13.1 Å². The van der Waals surface area contributed by atoms with Gasteiger partial charge in [0, 0.05) is 26.7 Å². The first-order valence-electron chi connectivity index (χ1n) is 10.5. The number of hydrogen-bond donors (Lipinski definition) is 1. The number of fused-ring (bicyclic) bond motifs is 1. The molecule has 29 heavy (non-hydrogen) atoms. The van der Waals surface area contributed by atoms with Gasteiger partial charge in [-0.25, -0.2) is 0 Å². The molecular weight excluding hydrogens is 362 g/mol. The van der Waals surface area contributed by atoms with Crippen LogP contribution in [-0.4, -0.2) is 48.3 Å². The van der Waals surface area contributed by atoms with Crippen molar-refractivity contribution in [2.75, 3.05) is 26.7 Å². The number of likely N-dealkylation sites (tertiary alicyclic amines) is 1. The molecule has 4 rings (SSSR count). The molecule has 0 aliphatic carbocycles. The Labute approximate surface area is 172 Å². The molecule has 2 heterocycles. The van der Waals surface area contributed by atoms with Gasteiger partial charge in [-0.1, -0.05) is 42.0 Å². The Morgan fingerprint density at radius 2 is 1.83 bits per heavy atom. The number of carbonyl (C=O) groups is 2. The van der Waals surface area contributed by atoms with Crippen molar-refractivity contribution in [3.05, 3.63) is 70.3 Å². The quantitative estimate of drug-likeness (QED) is 0.851. The van der Waals surface area contributed by atoms with Gasteiger partial charge in [0.25, 0.3) is 11.8 Å². The monoisotopic (exact) mass is 391 g/mol. The summed E-state index contributed by atoms with van der Waals surface area (Å²) < 4.78 is 0. The van der Waals surface area contributed by atoms with E-state index in [1.165, 1.54) is 11.1 Å². The van der Waals surface area contributed by atoms with Gasteiger partial charge in [0.05, 0.1) is 11.1 Å². The van der Waals surface area contributed by atoms with Gasteiger partial charge in [-0.05, 0) is 56.0 Å². The highest BCUT2D eigenvalue weighted by molar-refractivity contribution is 6.09. The Hall–Kier alpha value is -2.66. The van der Waals surface area contributed by atoms with Crippen LogP contribution in [0, 0.1) is 12.8 Å². The van der Waals surface area contributed by atoms with E-state index >= 15 is 0 Å². The molecule has 0 unspecified atom stereocenters. The molecule has 2 aliphatic heterocycles. The molecule has 2 aliphatic rings. The zero-order valence-electron chi connectivity index (χ0n) is 17.3. The average molecular weight is 392 g/mol. The van der Waals surface area contributed by atoms with E-state index in [0.29, 0.717) is 23.6 Å². The Balaban J connectivity index is 1.33. The molecule has 0 bridgehead atoms. The van der Waals surface area contributed by atoms with E-state index in [-0.39, 0.29) is 11.8 Å². The third-order valence-electron chi connectivity index (χ3n) is 6.20. The van der Waals surface area contributed by atoms with Crippen molar-refractivity contribution in [2.45, 2.75) is 32.9 Å². The highest BCUT2D eigenvalue weighted by Crippen LogP contribution is 2.29. The summed E-state index contributed by atoms with van der Waals surface area (Å²) in [6.07, 6.45) is 2.21. The largest absolute Gasteiger partial charge is 0.355 e. The van der Waals surface area contributed by atoms with Gasteiger partial charge in [0.2, 0.25) is 0 Å². The molecule has 152 valence electrons. The van der Waals surface area contributed by atoms with Crippen LogP contribution < -0.4 is 5.32 Å². The number of nitrogens with one attached hydrogen (secondary N) is 1. The minimum atomic E-state index is -0.193. The van der Waals surface area contributed by atoms with Crippen LogP contribution in [0.2, 0.25) is 0 Å². The molecule has 0 spiro atoms. The summed E-state index contributed by atoms with van der Waals surface area (Å²) in [5.41, 5.74) is 4.70. The first-order valence-corrected chi connectivity index (χ1v) is 10.5. The maximum absolute atomic E-state index is 13.0. The molecule has 1 N–H and O–H groups in total. The standard InChI is InChI=1S/C24H29N3O2/c1-17-6-8-18(9-7-17)14-26-12-10-19(11-13-26)15-27-16-20-4-3-5-21(23(28)25-2)22(20)24(27)29/h3-9,19H,10-16H2,1-2H3,(H,25,28). The second-order valence-corrected chi connectivity index (χ2v) is 8.31. The van der Waals surface area contributed by atoms with Gasteiger partial charge >= 0.3 is 0 Å². The van der Waals surface area contributed by atoms with Gasteiger partial charge < -0.3 is 10.2 Å². The highest BCUT2D eigenvalue weighted by Gasteiger charge is 2.33. The van der Waals surface area contributed by atoms with Crippen molar-refractivity contribution in [1.29, 1.82) is 0 Å². The normalized spacial score (nSPS) is 17.4. The molecular formula is C24H29N3O2. The first kappa shape index (κ1) is 19.6. The number of hydrogen-bond acceptors (Lipinski definition) is 3. The van der Waals surface area contributed by atoms with Gasteiger partial charge in [0.15, 0.2) is 0 Å². The molecule has 0 atom stereocenters. The van der Waals surface area contributed by atoms with Gasteiger partial charge in [-0.3, -0.25) is 14.5 Å². The Kier molecular flexibility index (Phi) is 5.67. The molecule has 1 fully saturated rings. The van der Waals surface area contributed by atoms with E-state index in [9.17, 15) is 9.59 Å². The molecule has 0 aromatic heterocycles. The van der Waals surface area contributed by atoms with Crippen molar-refractivity contribution < 1.29 is 9.59 Å². The summed E-state index contributed by atoms with van der Waals surface area (Å²) in [5, 5.41) is 2.64. The minimum Gasteiger partial charge on any atom is -0.355 e. The summed E-state index contributed by atoms with van der Waals surface area (Å²) >= 11 is 0. The zero-order chi connectivity index (χ0) is 20.4. The average Bonchev–Trinajstić information content (AvgIpc) is 3.06. The van der Waals surface area contributed by atoms with Crippen LogP contribution >= 0.6 is 0 Å². The SMILES string of the molecule is CNC(=O)c1cccc2c1C(=O)N(CC1CCN(Cc3ccc(C)cc3)CC1)C2. The van der Waals surface area contributed by atoms with Crippen LogP contribution in [0.1, 0.15) is 50.2 Å². The summed E-state index contributed by atoms with van der Waals surface area (Å²) in [6, 6.07) is 14.3. The minimum absolute atomic E-state index is 0.00119. The van der Waals surface area contributed by atoms with E-state index in [0.717, 1.165) is 44.6 Å². The highest BCUT2D eigenvalue weighted by atomic mass is 16.2. The lowest BCUT2D eigenvalue weighted by Crippen LogP contribution is -2.38. The number of rotatable bonds is 5. The molecule has 5 heteroatoms. The van der Waals surface area contributed by atoms with Crippen molar-refractivity contribution in [2.24, 2.45) is 5.92 Å². The van der Waals surface area contributed by atoms with E-state index in [1.54, 1.807) is 13.1 Å². The molecule has 0 saturated carbocycles. The third-order valence-corrected chi connectivity index (χ3v) is 6.20. The number of nitrogens with zero attached hydrogens (tertiary/aromatic N) is 2. The molecule has 0 radical (unpaired) electrons. The molecule has 2 aromatic carbocycles. The van der Waals surface area contributed by atoms with Crippen LogP contribution in [0.15, 0.2) is 42.5 Å². The predicted molar refractivity (Wildman–Crippen MR) is 114 cm³/mol. The Morgan fingerprint density at radius 3 is 2.52 bits per heavy atom. The van der Waals surface area contributed by atoms with Crippen molar-refractivity contribution in [1.82, 2.24) is 15.1 Å². The number of benzene rings is 2. The maximum atomic E-state index is 13.0. The second kappa shape index (κ2) is 8.37. The number of aryl methyl sites for hydroxylation is 1. The van der Waals surface area contributed by atoms with Gasteiger partial charge in [0.1, 0.15) is 0 Å². The fourth-order valence-corrected chi connectivity index (χ4v) is 4.48. The molecule has 1 saturated heterocycles. The lowest BCUT2D eigenvalue weighted by Gasteiger charge is -2.34. The van der Waals surface area contributed by atoms with E-state index in [1.807, 2.05) is 17.0 Å². The smallest absolute Gasteiger partial charge is 0.255 e. The summed E-state index contributed by atoms with van der Waals surface area (Å²) in [5.74, 6) is 0.328. The lowest BCUT2D eigenvalue weighted by atomic mass is 9.95. The zero-order valence-corrected chi connectivity index (χ0v) is 17.3. The maximum Gasteiger partial charge on any atom is 0.255 e. The second-order valence-electron chi connectivity index (χ2n) is 8.31. The van der Waals surface area contributed by atoms with Crippen LogP contribution in [0.25, 0.3) is 0 Å². The summed E-state index contributed by atoms with van der Waals surface area (Å²) in [7, 11) is 1.60. The van der Waals surface area contributed by atoms with Crippen LogP contribution in [0.4, 0.5) is 0 Å². The van der Waals surface area contributed by atoms with Gasteiger partial charge in [-0.15, -0.1) is 0 Å². The summed E-state index contributed by atoms with van der Waals surface area (Å²) in [4.78, 5) is 29.5. The first-order chi connectivity index (χ1) is 14.0. The van der Waals surface area contributed by atoms with Gasteiger partial charge in [-0.2, -0.15) is 0 Å².